The molecule has 3 aromatic rings. The van der Waals surface area contributed by atoms with E-state index in [0.29, 0.717) is 21.8 Å². The molecule has 0 radical (unpaired) electrons. The molecule has 2 aromatic heterocycles. The monoisotopic (exact) mass is 255 g/mol. The second-order valence-corrected chi connectivity index (χ2v) is 4.78. The zero-order valence-electron chi connectivity index (χ0n) is 9.31. The Kier molecular flexibility index (Phi) is 2.25. The summed E-state index contributed by atoms with van der Waals surface area (Å²) in [6.45, 7) is 0. The maximum absolute atomic E-state index is 9.10. The van der Waals surface area contributed by atoms with Crippen molar-refractivity contribution in [2.45, 2.75) is 0 Å². The zero-order valence-corrected chi connectivity index (χ0v) is 10.1. The number of fused-ring (bicyclic) bond motifs is 1. The Morgan fingerprint density at radius 1 is 1.22 bits per heavy atom. The quantitative estimate of drug-likeness (QED) is 0.653. The lowest BCUT2D eigenvalue weighted by Gasteiger charge is -2.06. The minimum atomic E-state index is 0.555. The molecule has 2 heterocycles. The lowest BCUT2D eigenvalue weighted by atomic mass is 10.0. The number of nitrogens with zero attached hydrogens (tertiary/aromatic N) is 1. The van der Waals surface area contributed by atoms with Crippen molar-refractivity contribution in [1.29, 1.82) is 5.26 Å². The van der Waals surface area contributed by atoms with Crippen molar-refractivity contribution in [3.05, 3.63) is 34.7 Å². The van der Waals surface area contributed by atoms with Crippen LogP contribution >= 0.6 is 11.3 Å². The summed E-state index contributed by atoms with van der Waals surface area (Å²) < 4.78 is 5.28. The van der Waals surface area contributed by atoms with Crippen LogP contribution in [0.4, 0.5) is 11.4 Å². The van der Waals surface area contributed by atoms with Gasteiger partial charge in [0.15, 0.2) is 0 Å². The van der Waals surface area contributed by atoms with Gasteiger partial charge in [0.25, 0.3) is 0 Å². The Labute approximate surface area is 107 Å². The first-order valence-corrected chi connectivity index (χ1v) is 6.13. The maximum atomic E-state index is 9.10. The van der Waals surface area contributed by atoms with E-state index in [1.807, 2.05) is 12.1 Å². The predicted molar refractivity (Wildman–Crippen MR) is 73.1 cm³/mol. The minimum Gasteiger partial charge on any atom is -0.464 e. The molecule has 5 heteroatoms. The van der Waals surface area contributed by atoms with E-state index in [-0.39, 0.29) is 0 Å². The fourth-order valence-electron chi connectivity index (χ4n) is 1.97. The number of hydrogen-bond acceptors (Lipinski definition) is 5. The largest absolute Gasteiger partial charge is 0.464 e. The smallest absolute Gasteiger partial charge is 0.135 e. The van der Waals surface area contributed by atoms with E-state index in [9.17, 15) is 0 Å². The third-order valence-corrected chi connectivity index (χ3v) is 3.72. The second-order valence-electron chi connectivity index (χ2n) is 3.90. The first-order chi connectivity index (χ1) is 8.70. The van der Waals surface area contributed by atoms with Gasteiger partial charge in [-0.05, 0) is 12.1 Å². The summed E-state index contributed by atoms with van der Waals surface area (Å²) in [5, 5.41) is 11.8. The van der Waals surface area contributed by atoms with E-state index < -0.39 is 0 Å². The molecule has 0 fully saturated rings. The second kappa shape index (κ2) is 3.79. The highest BCUT2D eigenvalue weighted by Gasteiger charge is 2.15. The molecule has 0 atom stereocenters. The molecule has 4 nitrogen and oxygen atoms in total. The SMILES string of the molecule is N#Cc1scc(N)c1-c1cc2ccoc2cc1N. The van der Waals surface area contributed by atoms with Gasteiger partial charge < -0.3 is 15.9 Å². The van der Waals surface area contributed by atoms with Gasteiger partial charge in [0.2, 0.25) is 0 Å². The van der Waals surface area contributed by atoms with Gasteiger partial charge in [-0.25, -0.2) is 0 Å². The van der Waals surface area contributed by atoms with Crippen molar-refractivity contribution in [1.82, 2.24) is 0 Å². The number of nitriles is 1. The highest BCUT2D eigenvalue weighted by Crippen LogP contribution is 2.39. The third kappa shape index (κ3) is 1.44. The van der Waals surface area contributed by atoms with Crippen LogP contribution in [0.15, 0.2) is 34.3 Å². The number of benzene rings is 1. The zero-order chi connectivity index (χ0) is 12.7. The van der Waals surface area contributed by atoms with E-state index in [2.05, 4.69) is 6.07 Å². The van der Waals surface area contributed by atoms with Gasteiger partial charge in [0, 0.05) is 33.6 Å². The first-order valence-electron chi connectivity index (χ1n) is 5.25. The highest BCUT2D eigenvalue weighted by atomic mass is 32.1. The molecule has 0 spiro atoms. The Morgan fingerprint density at radius 2 is 2.06 bits per heavy atom. The molecule has 0 unspecified atom stereocenters. The van der Waals surface area contributed by atoms with Crippen LogP contribution in [0, 0.1) is 11.3 Å². The average Bonchev–Trinajstić information content (AvgIpc) is 2.94. The van der Waals surface area contributed by atoms with Gasteiger partial charge in [-0.2, -0.15) is 5.26 Å². The fraction of sp³-hybridized carbons (Fsp3) is 0. The van der Waals surface area contributed by atoms with Crippen LogP contribution in [-0.2, 0) is 0 Å². The summed E-state index contributed by atoms with van der Waals surface area (Å²) in [4.78, 5) is 0.571. The molecular weight excluding hydrogens is 246 g/mol. The van der Waals surface area contributed by atoms with Gasteiger partial charge in [-0.1, -0.05) is 0 Å². The van der Waals surface area contributed by atoms with Crippen LogP contribution in [0.25, 0.3) is 22.1 Å². The van der Waals surface area contributed by atoms with Crippen molar-refractivity contribution in [2.75, 3.05) is 11.5 Å². The highest BCUT2D eigenvalue weighted by molar-refractivity contribution is 7.11. The summed E-state index contributed by atoms with van der Waals surface area (Å²) >= 11 is 1.32. The van der Waals surface area contributed by atoms with Crippen molar-refractivity contribution in [2.24, 2.45) is 0 Å². The lowest BCUT2D eigenvalue weighted by Crippen LogP contribution is -1.93. The number of rotatable bonds is 1. The minimum absolute atomic E-state index is 0.555. The van der Waals surface area contributed by atoms with E-state index in [1.165, 1.54) is 11.3 Å². The molecule has 0 saturated heterocycles. The normalized spacial score (nSPS) is 10.6. The van der Waals surface area contributed by atoms with Crippen LogP contribution < -0.4 is 11.5 Å². The van der Waals surface area contributed by atoms with E-state index in [1.54, 1.807) is 17.7 Å². The Hall–Kier alpha value is -2.45. The Morgan fingerprint density at radius 3 is 2.83 bits per heavy atom. The number of nitrogen functional groups attached to an aromatic ring is 2. The van der Waals surface area contributed by atoms with Gasteiger partial charge in [-0.15, -0.1) is 11.3 Å². The van der Waals surface area contributed by atoms with Gasteiger partial charge in [0.05, 0.1) is 12.0 Å². The number of furan rings is 1. The van der Waals surface area contributed by atoms with Crippen molar-refractivity contribution in [3.8, 4) is 17.2 Å². The molecule has 0 amide bonds. The summed E-state index contributed by atoms with van der Waals surface area (Å²) in [6.07, 6.45) is 1.61. The number of anilines is 2. The molecule has 0 saturated carbocycles. The van der Waals surface area contributed by atoms with Gasteiger partial charge in [0.1, 0.15) is 16.5 Å². The summed E-state index contributed by atoms with van der Waals surface area (Å²) in [5.74, 6) is 0. The molecule has 18 heavy (non-hydrogen) atoms. The lowest BCUT2D eigenvalue weighted by molar-refractivity contribution is 0.616. The molecule has 88 valence electrons. The van der Waals surface area contributed by atoms with Crippen LogP contribution in [-0.4, -0.2) is 0 Å². The number of thiophene rings is 1. The fourth-order valence-corrected chi connectivity index (χ4v) is 2.73. The molecule has 0 aliphatic carbocycles. The molecule has 0 aliphatic rings. The van der Waals surface area contributed by atoms with E-state index in [4.69, 9.17) is 21.1 Å². The van der Waals surface area contributed by atoms with Crippen molar-refractivity contribution < 1.29 is 4.42 Å². The topological polar surface area (TPSA) is 89.0 Å². The third-order valence-electron chi connectivity index (χ3n) is 2.81. The Balaban J connectivity index is 2.34. The molecular formula is C13H9N3OS. The molecule has 0 bridgehead atoms. The molecule has 0 aliphatic heterocycles. The number of hydrogen-bond donors (Lipinski definition) is 2. The Bertz CT molecular complexity index is 779. The summed E-state index contributed by atoms with van der Waals surface area (Å²) in [7, 11) is 0. The first kappa shape index (κ1) is 10.7. The summed E-state index contributed by atoms with van der Waals surface area (Å²) in [5.41, 5.74) is 15.3. The average molecular weight is 255 g/mol. The standard InChI is InChI=1S/C13H9N3OS/c14-5-12-13(10(16)6-18-12)8-3-7-1-2-17-11(7)4-9(8)15/h1-4,6H,15-16H2. The van der Waals surface area contributed by atoms with E-state index >= 15 is 0 Å². The predicted octanol–water partition coefficient (Wildman–Crippen LogP) is 3.20. The van der Waals surface area contributed by atoms with Gasteiger partial charge in [-0.3, -0.25) is 0 Å². The van der Waals surface area contributed by atoms with Crippen molar-refractivity contribution >= 4 is 33.7 Å². The van der Waals surface area contributed by atoms with Crippen LogP contribution in [0.2, 0.25) is 0 Å². The molecule has 3 rings (SSSR count). The van der Waals surface area contributed by atoms with Crippen LogP contribution in [0.5, 0.6) is 0 Å². The number of nitrogens with two attached hydrogens (primary N) is 2. The van der Waals surface area contributed by atoms with E-state index in [0.717, 1.165) is 16.5 Å². The molecule has 1 aromatic carbocycles. The van der Waals surface area contributed by atoms with Crippen molar-refractivity contribution in [3.63, 3.8) is 0 Å². The maximum Gasteiger partial charge on any atom is 0.135 e. The molecule has 4 N–H and O–H groups in total. The van der Waals surface area contributed by atoms with Crippen LogP contribution in [0.1, 0.15) is 4.88 Å². The van der Waals surface area contributed by atoms with Gasteiger partial charge >= 0.3 is 0 Å². The summed E-state index contributed by atoms with van der Waals surface area (Å²) in [6, 6.07) is 7.65. The van der Waals surface area contributed by atoms with Crippen LogP contribution in [0.3, 0.4) is 0 Å².